The Bertz CT molecular complexity index is 814. The monoisotopic (exact) mass is 324 g/mol. The van der Waals surface area contributed by atoms with Gasteiger partial charge < -0.3 is 14.6 Å². The van der Waals surface area contributed by atoms with Gasteiger partial charge in [0.15, 0.2) is 0 Å². The second-order valence-electron chi connectivity index (χ2n) is 5.26. The predicted octanol–water partition coefficient (Wildman–Crippen LogP) is 2.40. The summed E-state index contributed by atoms with van der Waals surface area (Å²) in [5.74, 6) is 0.596. The van der Waals surface area contributed by atoms with Crippen LogP contribution in [0.2, 0.25) is 0 Å². The van der Waals surface area contributed by atoms with Crippen LogP contribution in [0.5, 0.6) is 0 Å². The van der Waals surface area contributed by atoms with E-state index < -0.39 is 0 Å². The van der Waals surface area contributed by atoms with Crippen LogP contribution in [0.1, 0.15) is 23.2 Å². The second kappa shape index (κ2) is 7.70. The van der Waals surface area contributed by atoms with Crippen molar-refractivity contribution in [1.29, 1.82) is 0 Å². The van der Waals surface area contributed by atoms with Crippen LogP contribution in [0, 0.1) is 0 Å². The summed E-state index contributed by atoms with van der Waals surface area (Å²) in [4.78, 5) is 20.9. The van der Waals surface area contributed by atoms with E-state index in [2.05, 4.69) is 19.9 Å². The van der Waals surface area contributed by atoms with Gasteiger partial charge in [0.25, 0.3) is 5.91 Å². The van der Waals surface area contributed by atoms with Gasteiger partial charge >= 0.3 is 0 Å². The molecule has 0 aliphatic heterocycles. The molecule has 0 fully saturated rings. The van der Waals surface area contributed by atoms with E-state index in [0.717, 1.165) is 16.9 Å². The first-order valence-electron chi connectivity index (χ1n) is 8.00. The number of carbonyl (C=O) groups excluding carboxylic acids is 1. The Labute approximate surface area is 140 Å². The molecule has 0 aliphatic carbocycles. The molecule has 0 bridgehead atoms. The van der Waals surface area contributed by atoms with Crippen molar-refractivity contribution < 1.29 is 9.53 Å². The normalized spacial score (nSPS) is 10.9. The summed E-state index contributed by atoms with van der Waals surface area (Å²) in [6.07, 6.45) is 1.60. The van der Waals surface area contributed by atoms with Gasteiger partial charge in [0.2, 0.25) is 0 Å². The van der Waals surface area contributed by atoms with Gasteiger partial charge in [0, 0.05) is 19.3 Å². The third-order valence-corrected chi connectivity index (χ3v) is 3.70. The molecular formula is C18H20N4O2. The smallest absolute Gasteiger partial charge is 0.270 e. The fourth-order valence-electron chi connectivity index (χ4n) is 2.56. The Kier molecular flexibility index (Phi) is 5.18. The highest BCUT2D eigenvalue weighted by Gasteiger charge is 2.12. The number of benzene rings is 1. The van der Waals surface area contributed by atoms with E-state index in [4.69, 9.17) is 4.74 Å². The van der Waals surface area contributed by atoms with Crippen LogP contribution in [0.4, 0.5) is 0 Å². The van der Waals surface area contributed by atoms with Gasteiger partial charge in [-0.3, -0.25) is 9.78 Å². The Balaban J connectivity index is 1.77. The Morgan fingerprint density at radius 2 is 2.04 bits per heavy atom. The first-order valence-corrected chi connectivity index (χ1v) is 8.00. The molecule has 3 rings (SSSR count). The zero-order valence-electron chi connectivity index (χ0n) is 13.6. The van der Waals surface area contributed by atoms with Crippen molar-refractivity contribution >= 4 is 16.9 Å². The lowest BCUT2D eigenvalue weighted by Crippen LogP contribution is -2.25. The molecule has 124 valence electrons. The minimum Gasteiger partial charge on any atom is -0.380 e. The van der Waals surface area contributed by atoms with E-state index >= 15 is 0 Å². The topological polar surface area (TPSA) is 69.0 Å². The molecule has 0 aliphatic rings. The van der Waals surface area contributed by atoms with Crippen molar-refractivity contribution in [3.05, 3.63) is 60.2 Å². The highest BCUT2D eigenvalue weighted by molar-refractivity contribution is 5.92. The molecule has 2 aromatic heterocycles. The zero-order chi connectivity index (χ0) is 16.8. The average molecular weight is 324 g/mol. The number of imidazole rings is 1. The van der Waals surface area contributed by atoms with Gasteiger partial charge in [0.1, 0.15) is 11.5 Å². The summed E-state index contributed by atoms with van der Waals surface area (Å²) < 4.78 is 7.55. The van der Waals surface area contributed by atoms with Crippen molar-refractivity contribution in [2.75, 3.05) is 13.2 Å². The number of para-hydroxylation sites is 2. The van der Waals surface area contributed by atoms with Gasteiger partial charge in [0.05, 0.1) is 24.2 Å². The van der Waals surface area contributed by atoms with Gasteiger partial charge in [-0.1, -0.05) is 18.2 Å². The molecule has 1 aromatic carbocycles. The average Bonchev–Trinajstić information content (AvgIpc) is 2.98. The fraction of sp³-hybridized carbons (Fsp3) is 0.278. The molecule has 2 heterocycles. The number of carbonyl (C=O) groups is 1. The first kappa shape index (κ1) is 16.1. The third kappa shape index (κ3) is 3.60. The maximum Gasteiger partial charge on any atom is 0.270 e. The van der Waals surface area contributed by atoms with E-state index in [1.807, 2.05) is 31.2 Å². The van der Waals surface area contributed by atoms with Crippen molar-refractivity contribution in [1.82, 2.24) is 19.9 Å². The molecule has 0 saturated carbocycles. The van der Waals surface area contributed by atoms with Gasteiger partial charge in [-0.15, -0.1) is 0 Å². The summed E-state index contributed by atoms with van der Waals surface area (Å²) >= 11 is 0. The van der Waals surface area contributed by atoms with Gasteiger partial charge in [-0.2, -0.15) is 0 Å². The third-order valence-electron chi connectivity index (χ3n) is 3.70. The quantitative estimate of drug-likeness (QED) is 0.678. The number of aromatic nitrogens is 3. The molecule has 1 amide bonds. The maximum absolute atomic E-state index is 12.2. The number of rotatable bonds is 7. The summed E-state index contributed by atoms with van der Waals surface area (Å²) in [5.41, 5.74) is 2.35. The molecule has 3 aromatic rings. The SMILES string of the molecule is CCOCCn1c(CNC(=O)c2ccccn2)nc2ccccc21. The van der Waals surface area contributed by atoms with Crippen LogP contribution in [-0.2, 0) is 17.8 Å². The number of ether oxygens (including phenoxy) is 1. The van der Waals surface area contributed by atoms with E-state index in [1.54, 1.807) is 24.4 Å². The second-order valence-corrected chi connectivity index (χ2v) is 5.26. The number of hydrogen-bond acceptors (Lipinski definition) is 4. The van der Waals surface area contributed by atoms with Crippen LogP contribution in [0.25, 0.3) is 11.0 Å². The summed E-state index contributed by atoms with van der Waals surface area (Å²) in [7, 11) is 0. The van der Waals surface area contributed by atoms with Crippen molar-refractivity contribution in [3.63, 3.8) is 0 Å². The molecule has 6 nitrogen and oxygen atoms in total. The van der Waals surface area contributed by atoms with Crippen LogP contribution in [-0.4, -0.2) is 33.7 Å². The summed E-state index contributed by atoms with van der Waals surface area (Å²) in [5, 5.41) is 2.88. The van der Waals surface area contributed by atoms with E-state index in [9.17, 15) is 4.79 Å². The van der Waals surface area contributed by atoms with Gasteiger partial charge in [-0.05, 0) is 31.2 Å². The lowest BCUT2D eigenvalue weighted by molar-refractivity contribution is 0.0944. The lowest BCUT2D eigenvalue weighted by atomic mass is 10.3. The van der Waals surface area contributed by atoms with Crippen molar-refractivity contribution in [2.24, 2.45) is 0 Å². The Morgan fingerprint density at radius 3 is 2.83 bits per heavy atom. The number of nitrogens with zero attached hydrogens (tertiary/aromatic N) is 3. The summed E-state index contributed by atoms with van der Waals surface area (Å²) in [6, 6.07) is 13.2. The predicted molar refractivity (Wildman–Crippen MR) is 91.6 cm³/mol. The van der Waals surface area contributed by atoms with E-state index in [0.29, 0.717) is 32.0 Å². The molecule has 0 unspecified atom stereocenters. The highest BCUT2D eigenvalue weighted by Crippen LogP contribution is 2.16. The number of pyridine rings is 1. The first-order chi connectivity index (χ1) is 11.8. The molecule has 0 saturated heterocycles. The maximum atomic E-state index is 12.2. The minimum absolute atomic E-state index is 0.209. The van der Waals surface area contributed by atoms with Crippen LogP contribution in [0.3, 0.4) is 0 Å². The zero-order valence-corrected chi connectivity index (χ0v) is 13.6. The largest absolute Gasteiger partial charge is 0.380 e. The standard InChI is InChI=1S/C18H20N4O2/c1-2-24-12-11-22-16-9-4-3-7-14(16)21-17(22)13-20-18(23)15-8-5-6-10-19-15/h3-10H,2,11-13H2,1H3,(H,20,23). The number of hydrogen-bond donors (Lipinski definition) is 1. The number of nitrogens with one attached hydrogen (secondary N) is 1. The van der Waals surface area contributed by atoms with Gasteiger partial charge in [-0.25, -0.2) is 4.98 Å². The van der Waals surface area contributed by atoms with E-state index in [-0.39, 0.29) is 5.91 Å². The molecule has 24 heavy (non-hydrogen) atoms. The Morgan fingerprint density at radius 1 is 1.21 bits per heavy atom. The van der Waals surface area contributed by atoms with Crippen LogP contribution >= 0.6 is 0 Å². The molecule has 0 atom stereocenters. The molecule has 0 radical (unpaired) electrons. The highest BCUT2D eigenvalue weighted by atomic mass is 16.5. The van der Waals surface area contributed by atoms with Crippen LogP contribution in [0.15, 0.2) is 48.7 Å². The van der Waals surface area contributed by atoms with Crippen molar-refractivity contribution in [3.8, 4) is 0 Å². The minimum atomic E-state index is -0.209. The summed E-state index contributed by atoms with van der Waals surface area (Å²) in [6.45, 7) is 4.30. The molecular weight excluding hydrogens is 304 g/mol. The van der Waals surface area contributed by atoms with E-state index in [1.165, 1.54) is 0 Å². The van der Waals surface area contributed by atoms with Crippen molar-refractivity contribution in [2.45, 2.75) is 20.0 Å². The Hall–Kier alpha value is -2.73. The number of fused-ring (bicyclic) bond motifs is 1. The lowest BCUT2D eigenvalue weighted by Gasteiger charge is -2.10. The molecule has 0 spiro atoms. The fourth-order valence-corrected chi connectivity index (χ4v) is 2.56. The number of amides is 1. The van der Waals surface area contributed by atoms with Crippen LogP contribution < -0.4 is 5.32 Å². The molecule has 6 heteroatoms. The molecule has 1 N–H and O–H groups in total.